The summed E-state index contributed by atoms with van der Waals surface area (Å²) in [4.78, 5) is 26.4. The van der Waals surface area contributed by atoms with Gasteiger partial charge in [-0.15, -0.1) is 0 Å². The zero-order valence-electron chi connectivity index (χ0n) is 15.1. The minimum Gasteiger partial charge on any atom is -0.503 e. The second kappa shape index (κ2) is 8.65. The van der Waals surface area contributed by atoms with Crippen LogP contribution < -0.4 is 0 Å². The maximum atomic E-state index is 12.7. The predicted molar refractivity (Wildman–Crippen MR) is 102 cm³/mol. The second-order valence-electron chi connectivity index (χ2n) is 6.65. The first-order valence-electron chi connectivity index (χ1n) is 8.91. The zero-order chi connectivity index (χ0) is 18.6. The Balaban J connectivity index is 2.37. The lowest BCUT2D eigenvalue weighted by Gasteiger charge is -2.30. The van der Waals surface area contributed by atoms with Crippen LogP contribution in [-0.2, 0) is 9.59 Å². The average molecular weight is 408 g/mol. The number of amides is 1. The van der Waals surface area contributed by atoms with E-state index in [1.54, 1.807) is 4.90 Å². The summed E-state index contributed by atoms with van der Waals surface area (Å²) >= 11 is 3.41. The standard InChI is InChI=1S/C20H26BrNO3/c1-4-6-7-14(5-2)12-22-18(15-8-10-16(21)11-9-15)17(13(3)23)19(24)20(22)25/h8-11,14,18,24H,4-7,12H2,1-3H3/t14-,18+/m1/s1. The van der Waals surface area contributed by atoms with E-state index in [1.807, 2.05) is 24.3 Å². The molecule has 1 aliphatic heterocycles. The summed E-state index contributed by atoms with van der Waals surface area (Å²) in [6, 6.07) is 7.06. The zero-order valence-corrected chi connectivity index (χ0v) is 16.7. The number of aliphatic hydroxyl groups is 1. The minimum atomic E-state index is -0.506. The number of nitrogens with zero attached hydrogens (tertiary/aromatic N) is 1. The van der Waals surface area contributed by atoms with E-state index in [0.717, 1.165) is 35.7 Å². The van der Waals surface area contributed by atoms with Crippen molar-refractivity contribution in [2.24, 2.45) is 5.92 Å². The number of unbranched alkanes of at least 4 members (excludes halogenated alkanes) is 1. The number of halogens is 1. The normalized spacial score (nSPS) is 18.8. The topological polar surface area (TPSA) is 57.6 Å². The van der Waals surface area contributed by atoms with Crippen LogP contribution in [0.5, 0.6) is 0 Å². The fourth-order valence-corrected chi connectivity index (χ4v) is 3.65. The number of carbonyl (C=O) groups is 2. The fourth-order valence-electron chi connectivity index (χ4n) is 3.39. The van der Waals surface area contributed by atoms with E-state index in [9.17, 15) is 14.7 Å². The Morgan fingerprint density at radius 3 is 2.44 bits per heavy atom. The van der Waals surface area contributed by atoms with Crippen molar-refractivity contribution in [3.05, 3.63) is 45.6 Å². The largest absolute Gasteiger partial charge is 0.503 e. The molecule has 5 heteroatoms. The smallest absolute Gasteiger partial charge is 0.290 e. The van der Waals surface area contributed by atoms with Gasteiger partial charge in [0.05, 0.1) is 11.6 Å². The molecule has 1 aromatic rings. The van der Waals surface area contributed by atoms with Gasteiger partial charge >= 0.3 is 0 Å². The van der Waals surface area contributed by atoms with Crippen molar-refractivity contribution >= 4 is 27.6 Å². The molecule has 1 amide bonds. The van der Waals surface area contributed by atoms with Gasteiger partial charge < -0.3 is 10.0 Å². The molecule has 0 spiro atoms. The first-order chi connectivity index (χ1) is 11.9. The summed E-state index contributed by atoms with van der Waals surface area (Å²) in [5.41, 5.74) is 1.05. The van der Waals surface area contributed by atoms with Gasteiger partial charge in [-0.25, -0.2) is 0 Å². The number of benzene rings is 1. The summed E-state index contributed by atoms with van der Waals surface area (Å²) < 4.78 is 0.930. The molecule has 25 heavy (non-hydrogen) atoms. The molecule has 0 bridgehead atoms. The van der Waals surface area contributed by atoms with Crippen molar-refractivity contribution in [3.63, 3.8) is 0 Å². The summed E-state index contributed by atoms with van der Waals surface area (Å²) in [7, 11) is 0. The highest BCUT2D eigenvalue weighted by Crippen LogP contribution is 2.39. The molecule has 0 fully saturated rings. The Hall–Kier alpha value is -1.62. The molecule has 0 saturated carbocycles. The first kappa shape index (κ1) is 19.7. The van der Waals surface area contributed by atoms with Gasteiger partial charge in [-0.1, -0.05) is 61.2 Å². The number of aliphatic hydroxyl groups excluding tert-OH is 1. The number of hydrogen-bond acceptors (Lipinski definition) is 3. The van der Waals surface area contributed by atoms with Gasteiger partial charge in [-0.05, 0) is 37.0 Å². The lowest BCUT2D eigenvalue weighted by Crippen LogP contribution is -2.35. The Kier molecular flexibility index (Phi) is 6.82. The van der Waals surface area contributed by atoms with Crippen LogP contribution in [-0.4, -0.2) is 28.2 Å². The predicted octanol–water partition coefficient (Wildman–Crippen LogP) is 4.95. The van der Waals surface area contributed by atoms with Crippen molar-refractivity contribution in [1.29, 1.82) is 0 Å². The van der Waals surface area contributed by atoms with Crippen LogP contribution in [0.25, 0.3) is 0 Å². The molecule has 0 saturated heterocycles. The first-order valence-corrected chi connectivity index (χ1v) is 9.70. The number of hydrogen-bond donors (Lipinski definition) is 1. The van der Waals surface area contributed by atoms with Gasteiger partial charge in [0, 0.05) is 11.0 Å². The van der Waals surface area contributed by atoms with E-state index in [4.69, 9.17) is 0 Å². The van der Waals surface area contributed by atoms with Crippen molar-refractivity contribution in [3.8, 4) is 0 Å². The highest BCUT2D eigenvalue weighted by atomic mass is 79.9. The van der Waals surface area contributed by atoms with Gasteiger partial charge in [0.1, 0.15) is 0 Å². The van der Waals surface area contributed by atoms with Crippen LogP contribution in [0.1, 0.15) is 58.1 Å². The third kappa shape index (κ3) is 4.32. The summed E-state index contributed by atoms with van der Waals surface area (Å²) in [6.45, 7) is 6.23. The molecule has 136 valence electrons. The van der Waals surface area contributed by atoms with E-state index in [0.29, 0.717) is 12.5 Å². The summed E-state index contributed by atoms with van der Waals surface area (Å²) in [5.74, 6) is -0.734. The van der Waals surface area contributed by atoms with Gasteiger partial charge in [0.2, 0.25) is 0 Å². The molecule has 1 aliphatic rings. The number of rotatable bonds is 8. The van der Waals surface area contributed by atoms with Crippen LogP contribution >= 0.6 is 15.9 Å². The third-order valence-corrected chi connectivity index (χ3v) is 5.40. The van der Waals surface area contributed by atoms with Crippen molar-refractivity contribution in [2.45, 2.75) is 52.5 Å². The van der Waals surface area contributed by atoms with Gasteiger partial charge in [-0.2, -0.15) is 0 Å². The highest BCUT2D eigenvalue weighted by molar-refractivity contribution is 9.10. The molecule has 1 heterocycles. The Labute approximate surface area is 158 Å². The number of Topliss-reactive ketones (excluding diaryl/α,β-unsaturated/α-hetero) is 1. The second-order valence-corrected chi connectivity index (χ2v) is 7.56. The average Bonchev–Trinajstić information content (AvgIpc) is 2.84. The minimum absolute atomic E-state index is 0.206. The van der Waals surface area contributed by atoms with Gasteiger partial charge in [0.15, 0.2) is 11.5 Å². The van der Waals surface area contributed by atoms with Crippen LogP contribution in [0.3, 0.4) is 0 Å². The molecule has 4 nitrogen and oxygen atoms in total. The van der Waals surface area contributed by atoms with Gasteiger partial charge in [-0.3, -0.25) is 9.59 Å². The molecule has 0 aliphatic carbocycles. The Morgan fingerprint density at radius 1 is 1.28 bits per heavy atom. The maximum absolute atomic E-state index is 12.7. The summed E-state index contributed by atoms with van der Waals surface area (Å²) in [6.07, 6.45) is 4.23. The van der Waals surface area contributed by atoms with E-state index < -0.39 is 17.7 Å². The lowest BCUT2D eigenvalue weighted by atomic mass is 9.94. The van der Waals surface area contributed by atoms with Crippen LogP contribution in [0.15, 0.2) is 40.1 Å². The van der Waals surface area contributed by atoms with E-state index in [-0.39, 0.29) is 11.4 Å². The number of carbonyl (C=O) groups excluding carboxylic acids is 2. The van der Waals surface area contributed by atoms with Crippen LogP contribution in [0.4, 0.5) is 0 Å². The van der Waals surface area contributed by atoms with Crippen molar-refractivity contribution in [2.75, 3.05) is 6.54 Å². The SMILES string of the molecule is CCCC[C@@H](CC)CN1C(=O)C(O)=C(C(C)=O)[C@@H]1c1ccc(Br)cc1. The lowest BCUT2D eigenvalue weighted by molar-refractivity contribution is -0.130. The molecular formula is C20H26BrNO3. The Bertz CT molecular complexity index is 666. The third-order valence-electron chi connectivity index (χ3n) is 4.87. The molecule has 2 atom stereocenters. The quantitative estimate of drug-likeness (QED) is 0.662. The highest BCUT2D eigenvalue weighted by Gasteiger charge is 2.42. The van der Waals surface area contributed by atoms with Crippen molar-refractivity contribution < 1.29 is 14.7 Å². The Morgan fingerprint density at radius 2 is 1.92 bits per heavy atom. The monoisotopic (exact) mass is 407 g/mol. The van der Waals surface area contributed by atoms with E-state index in [1.165, 1.54) is 6.92 Å². The molecule has 1 aromatic carbocycles. The molecule has 1 N–H and O–H groups in total. The fraction of sp³-hybridized carbons (Fsp3) is 0.500. The molecule has 0 radical (unpaired) electrons. The molecule has 0 unspecified atom stereocenters. The van der Waals surface area contributed by atoms with E-state index >= 15 is 0 Å². The van der Waals surface area contributed by atoms with E-state index in [2.05, 4.69) is 29.8 Å². The van der Waals surface area contributed by atoms with Crippen LogP contribution in [0, 0.1) is 5.92 Å². The van der Waals surface area contributed by atoms with Gasteiger partial charge in [0.25, 0.3) is 5.91 Å². The van der Waals surface area contributed by atoms with Crippen LogP contribution in [0.2, 0.25) is 0 Å². The maximum Gasteiger partial charge on any atom is 0.290 e. The number of ketones is 1. The molecule has 0 aromatic heterocycles. The van der Waals surface area contributed by atoms with Crippen molar-refractivity contribution in [1.82, 2.24) is 4.90 Å². The molecule has 2 rings (SSSR count). The molecular weight excluding hydrogens is 382 g/mol. The summed E-state index contributed by atoms with van der Waals surface area (Å²) in [5, 5.41) is 10.3.